The molecule has 12 heavy (non-hydrogen) atoms. The lowest BCUT2D eigenvalue weighted by molar-refractivity contribution is 0.466. The summed E-state index contributed by atoms with van der Waals surface area (Å²) in [6.07, 6.45) is 13.6. The third-order valence-electron chi connectivity index (χ3n) is 2.83. The molecule has 1 atom stereocenters. The molecule has 1 radical (unpaired) electrons. The molecular formula is C11H22N. The molecule has 1 heteroatoms. The van der Waals surface area contributed by atoms with Gasteiger partial charge in [-0.05, 0) is 31.7 Å². The van der Waals surface area contributed by atoms with E-state index in [0.717, 1.165) is 6.54 Å². The van der Waals surface area contributed by atoms with Crippen LogP contribution in [0.3, 0.4) is 0 Å². The number of rotatable bonds is 1. The van der Waals surface area contributed by atoms with Gasteiger partial charge in [0.05, 0.1) is 0 Å². The minimum atomic E-state index is 0.711. The van der Waals surface area contributed by atoms with E-state index in [1.54, 1.807) is 0 Å². The molecule has 0 spiro atoms. The molecule has 1 saturated carbocycles. The van der Waals surface area contributed by atoms with Gasteiger partial charge in [0.25, 0.3) is 0 Å². The van der Waals surface area contributed by atoms with Crippen LogP contribution in [0.4, 0.5) is 0 Å². The Morgan fingerprint density at radius 3 is 2.42 bits per heavy atom. The van der Waals surface area contributed by atoms with Crippen LogP contribution >= 0.6 is 0 Å². The molecular weight excluding hydrogens is 146 g/mol. The highest BCUT2D eigenvalue weighted by molar-refractivity contribution is 4.77. The van der Waals surface area contributed by atoms with Crippen LogP contribution in [0.1, 0.15) is 51.4 Å². The van der Waals surface area contributed by atoms with E-state index in [2.05, 4.69) is 6.42 Å². The van der Waals surface area contributed by atoms with E-state index in [4.69, 9.17) is 5.73 Å². The summed E-state index contributed by atoms with van der Waals surface area (Å²) in [5.41, 5.74) is 5.68. The van der Waals surface area contributed by atoms with Crippen molar-refractivity contribution in [1.29, 1.82) is 0 Å². The van der Waals surface area contributed by atoms with Crippen LogP contribution in [0.25, 0.3) is 0 Å². The van der Waals surface area contributed by atoms with Gasteiger partial charge < -0.3 is 5.73 Å². The van der Waals surface area contributed by atoms with Crippen molar-refractivity contribution in [3.63, 3.8) is 0 Å². The topological polar surface area (TPSA) is 26.0 Å². The minimum Gasteiger partial charge on any atom is -0.330 e. The van der Waals surface area contributed by atoms with E-state index in [1.807, 2.05) is 0 Å². The van der Waals surface area contributed by atoms with E-state index in [-0.39, 0.29) is 0 Å². The molecule has 71 valence electrons. The van der Waals surface area contributed by atoms with Crippen molar-refractivity contribution in [3.05, 3.63) is 6.42 Å². The fourth-order valence-corrected chi connectivity index (χ4v) is 1.94. The van der Waals surface area contributed by atoms with Gasteiger partial charge in [0, 0.05) is 0 Å². The molecule has 1 fully saturated rings. The highest BCUT2D eigenvalue weighted by atomic mass is 14.5. The van der Waals surface area contributed by atoms with Crippen LogP contribution in [0.15, 0.2) is 0 Å². The van der Waals surface area contributed by atoms with Crippen molar-refractivity contribution < 1.29 is 0 Å². The summed E-state index contributed by atoms with van der Waals surface area (Å²) < 4.78 is 0. The normalized spacial score (nSPS) is 23.8. The summed E-state index contributed by atoms with van der Waals surface area (Å²) in [6.45, 7) is 0.861. The van der Waals surface area contributed by atoms with Crippen LogP contribution in [0.5, 0.6) is 0 Å². The summed E-state index contributed by atoms with van der Waals surface area (Å²) in [6, 6.07) is 0. The van der Waals surface area contributed by atoms with Crippen molar-refractivity contribution in [2.45, 2.75) is 51.4 Å². The van der Waals surface area contributed by atoms with E-state index in [9.17, 15) is 0 Å². The smallest absolute Gasteiger partial charge is 0.00461 e. The fourth-order valence-electron chi connectivity index (χ4n) is 1.94. The maximum atomic E-state index is 5.68. The quantitative estimate of drug-likeness (QED) is 0.640. The summed E-state index contributed by atoms with van der Waals surface area (Å²) >= 11 is 0. The first-order valence-electron chi connectivity index (χ1n) is 5.47. The maximum Gasteiger partial charge on any atom is -0.00461 e. The first-order chi connectivity index (χ1) is 5.93. The van der Waals surface area contributed by atoms with Crippen LogP contribution in [-0.2, 0) is 0 Å². The lowest BCUT2D eigenvalue weighted by Gasteiger charge is -2.15. The third kappa shape index (κ3) is 4.10. The fraction of sp³-hybridized carbons (Fsp3) is 0.909. The second-order valence-electron chi connectivity index (χ2n) is 3.93. The Morgan fingerprint density at radius 2 is 1.67 bits per heavy atom. The first-order valence-corrected chi connectivity index (χ1v) is 5.47. The number of hydrogen-bond acceptors (Lipinski definition) is 1. The average Bonchev–Trinajstić information content (AvgIpc) is 2.14. The van der Waals surface area contributed by atoms with Crippen molar-refractivity contribution in [2.75, 3.05) is 6.54 Å². The van der Waals surface area contributed by atoms with Crippen molar-refractivity contribution >= 4 is 0 Å². The van der Waals surface area contributed by atoms with E-state index in [1.165, 1.54) is 51.4 Å². The predicted molar refractivity (Wildman–Crippen MR) is 53.8 cm³/mol. The Morgan fingerprint density at radius 1 is 1.00 bits per heavy atom. The van der Waals surface area contributed by atoms with Gasteiger partial charge in [-0.3, -0.25) is 0 Å². The standard InChI is InChI=1S/C11H22N/c12-10-11-8-6-4-2-1-3-5-7-9-11/h8,11H,1-7,9-10,12H2. The van der Waals surface area contributed by atoms with E-state index in [0.29, 0.717) is 5.92 Å². The molecule has 0 bridgehead atoms. The van der Waals surface area contributed by atoms with Crippen LogP contribution in [0.2, 0.25) is 0 Å². The lowest BCUT2D eigenvalue weighted by Crippen LogP contribution is -2.15. The van der Waals surface area contributed by atoms with Gasteiger partial charge in [-0.15, -0.1) is 0 Å². The maximum absolute atomic E-state index is 5.68. The van der Waals surface area contributed by atoms with Gasteiger partial charge in [0.2, 0.25) is 0 Å². The van der Waals surface area contributed by atoms with Gasteiger partial charge in [-0.2, -0.15) is 0 Å². The third-order valence-corrected chi connectivity index (χ3v) is 2.83. The molecule has 1 aliphatic carbocycles. The second-order valence-corrected chi connectivity index (χ2v) is 3.93. The van der Waals surface area contributed by atoms with E-state index >= 15 is 0 Å². The monoisotopic (exact) mass is 168 g/mol. The molecule has 2 N–H and O–H groups in total. The zero-order chi connectivity index (χ0) is 8.65. The zero-order valence-corrected chi connectivity index (χ0v) is 8.10. The number of hydrogen-bond donors (Lipinski definition) is 1. The Balaban J connectivity index is 2.17. The van der Waals surface area contributed by atoms with Gasteiger partial charge in [0.15, 0.2) is 0 Å². The van der Waals surface area contributed by atoms with Crippen LogP contribution in [0, 0.1) is 12.3 Å². The Hall–Kier alpha value is -0.0400. The lowest BCUT2D eigenvalue weighted by atomic mass is 9.92. The molecule has 1 rings (SSSR count). The summed E-state index contributed by atoms with van der Waals surface area (Å²) in [4.78, 5) is 0. The van der Waals surface area contributed by atoms with Crippen LogP contribution < -0.4 is 5.73 Å². The summed E-state index contributed by atoms with van der Waals surface area (Å²) in [7, 11) is 0. The second kappa shape index (κ2) is 6.47. The first kappa shape index (κ1) is 10.0. The van der Waals surface area contributed by atoms with Crippen LogP contribution in [-0.4, -0.2) is 6.54 Å². The molecule has 0 aliphatic heterocycles. The molecule has 1 nitrogen and oxygen atoms in total. The molecule has 1 unspecified atom stereocenters. The summed E-state index contributed by atoms with van der Waals surface area (Å²) in [5, 5.41) is 0. The predicted octanol–water partition coefficient (Wildman–Crippen LogP) is 2.90. The van der Waals surface area contributed by atoms with Gasteiger partial charge >= 0.3 is 0 Å². The molecule has 0 aromatic carbocycles. The Kier molecular flexibility index (Phi) is 5.42. The van der Waals surface area contributed by atoms with E-state index < -0.39 is 0 Å². The van der Waals surface area contributed by atoms with Gasteiger partial charge in [-0.1, -0.05) is 38.5 Å². The van der Waals surface area contributed by atoms with Gasteiger partial charge in [0.1, 0.15) is 0 Å². The molecule has 0 heterocycles. The highest BCUT2D eigenvalue weighted by Gasteiger charge is 2.07. The minimum absolute atomic E-state index is 0.711. The SMILES string of the molecule is NCC1[CH]CCCCCCCC1. The number of nitrogens with two attached hydrogens (primary N) is 1. The molecule has 0 saturated heterocycles. The Bertz CT molecular complexity index is 91.2. The summed E-state index contributed by atoms with van der Waals surface area (Å²) in [5.74, 6) is 0.711. The average molecular weight is 168 g/mol. The molecule has 0 aromatic rings. The molecule has 0 aromatic heterocycles. The molecule has 1 aliphatic rings. The van der Waals surface area contributed by atoms with Crippen molar-refractivity contribution in [3.8, 4) is 0 Å². The van der Waals surface area contributed by atoms with Gasteiger partial charge in [-0.25, -0.2) is 0 Å². The van der Waals surface area contributed by atoms with Crippen molar-refractivity contribution in [2.24, 2.45) is 11.7 Å². The zero-order valence-electron chi connectivity index (χ0n) is 8.10. The Labute approximate surface area is 76.7 Å². The largest absolute Gasteiger partial charge is 0.330 e. The highest BCUT2D eigenvalue weighted by Crippen LogP contribution is 2.19. The van der Waals surface area contributed by atoms with Crippen molar-refractivity contribution in [1.82, 2.24) is 0 Å². The molecule has 0 amide bonds.